The second-order valence-corrected chi connectivity index (χ2v) is 6.33. The van der Waals surface area contributed by atoms with Gasteiger partial charge in [-0.05, 0) is 18.9 Å². The smallest absolute Gasteiger partial charge is 0.320 e. The molecular formula is C10H15N3O4S. The van der Waals surface area contributed by atoms with Crippen molar-refractivity contribution in [3.8, 4) is 0 Å². The molecule has 8 heteroatoms. The Morgan fingerprint density at radius 3 is 3.00 bits per heavy atom. The van der Waals surface area contributed by atoms with Gasteiger partial charge in [-0.15, -0.1) is 0 Å². The number of sulfonamides is 1. The number of carbonyl (C=O) groups is 1. The van der Waals surface area contributed by atoms with Gasteiger partial charge in [-0.2, -0.15) is 5.10 Å². The lowest BCUT2D eigenvalue weighted by Gasteiger charge is -2.30. The number of hydrogen-bond acceptors (Lipinski definition) is 4. The van der Waals surface area contributed by atoms with Crippen molar-refractivity contribution in [1.29, 1.82) is 0 Å². The second-order valence-electron chi connectivity index (χ2n) is 4.36. The maximum atomic E-state index is 11.8. The van der Waals surface area contributed by atoms with E-state index in [4.69, 9.17) is 5.11 Å². The van der Waals surface area contributed by atoms with Crippen LogP contribution in [-0.2, 0) is 14.8 Å². The molecule has 7 nitrogen and oxygen atoms in total. The lowest BCUT2D eigenvalue weighted by atomic mass is 9.96. The maximum Gasteiger partial charge on any atom is 0.320 e. The topological polar surface area (TPSA) is 103 Å². The summed E-state index contributed by atoms with van der Waals surface area (Å²) in [5.74, 6) is -2.11. The van der Waals surface area contributed by atoms with Gasteiger partial charge < -0.3 is 5.11 Å². The van der Waals surface area contributed by atoms with Crippen LogP contribution in [0.1, 0.15) is 24.5 Å². The zero-order valence-electron chi connectivity index (χ0n) is 9.74. The Morgan fingerprint density at radius 1 is 1.61 bits per heavy atom. The van der Waals surface area contributed by atoms with Crippen LogP contribution in [0.25, 0.3) is 0 Å². The van der Waals surface area contributed by atoms with Gasteiger partial charge in [0.25, 0.3) is 0 Å². The average molecular weight is 273 g/mol. The van der Waals surface area contributed by atoms with Crippen LogP contribution >= 0.6 is 0 Å². The minimum atomic E-state index is -3.71. The number of carboxylic acid groups (broad SMARTS) is 1. The van der Waals surface area contributed by atoms with E-state index < -0.39 is 21.7 Å². The van der Waals surface area contributed by atoms with Gasteiger partial charge in [-0.25, -0.2) is 12.7 Å². The van der Waals surface area contributed by atoms with Crippen molar-refractivity contribution in [2.24, 2.45) is 0 Å². The Kier molecular flexibility index (Phi) is 3.67. The molecule has 2 N–H and O–H groups in total. The molecule has 1 aromatic rings. The van der Waals surface area contributed by atoms with E-state index in [1.165, 1.54) is 4.31 Å². The summed E-state index contributed by atoms with van der Waals surface area (Å²) in [5, 5.41) is 15.3. The van der Waals surface area contributed by atoms with Gasteiger partial charge >= 0.3 is 5.97 Å². The summed E-state index contributed by atoms with van der Waals surface area (Å²) in [7, 11) is -3.71. The maximum absolute atomic E-state index is 11.8. The molecule has 0 saturated carbocycles. The lowest BCUT2D eigenvalue weighted by Crippen LogP contribution is -2.41. The normalized spacial score (nSPS) is 21.9. The number of hydrogen-bond donors (Lipinski definition) is 2. The van der Waals surface area contributed by atoms with E-state index in [0.717, 1.165) is 18.5 Å². The summed E-state index contributed by atoms with van der Waals surface area (Å²) < 4.78 is 24.9. The average Bonchev–Trinajstić information content (AvgIpc) is 2.81. The fourth-order valence-corrected chi connectivity index (χ4v) is 3.50. The summed E-state index contributed by atoms with van der Waals surface area (Å²) in [6, 6.07) is 1.82. The van der Waals surface area contributed by atoms with E-state index in [9.17, 15) is 13.2 Å². The van der Waals surface area contributed by atoms with Crippen LogP contribution in [0.4, 0.5) is 0 Å². The third-order valence-corrected chi connectivity index (χ3v) is 4.78. The largest absolute Gasteiger partial charge is 0.480 e. The molecule has 1 atom stereocenters. The monoisotopic (exact) mass is 273 g/mol. The van der Waals surface area contributed by atoms with Crippen LogP contribution in [0.15, 0.2) is 12.3 Å². The van der Waals surface area contributed by atoms with Crippen LogP contribution in [0.3, 0.4) is 0 Å². The van der Waals surface area contributed by atoms with Crippen LogP contribution < -0.4 is 0 Å². The minimum absolute atomic E-state index is 0.0600. The van der Waals surface area contributed by atoms with E-state index >= 15 is 0 Å². The van der Waals surface area contributed by atoms with Gasteiger partial charge in [-0.3, -0.25) is 9.89 Å². The predicted molar refractivity (Wildman–Crippen MR) is 63.6 cm³/mol. The van der Waals surface area contributed by atoms with Crippen LogP contribution in [0, 0.1) is 0 Å². The first-order chi connectivity index (χ1) is 8.49. The van der Waals surface area contributed by atoms with Crippen LogP contribution in [0.5, 0.6) is 0 Å². The number of nitrogens with zero attached hydrogens (tertiary/aromatic N) is 2. The number of piperidine rings is 1. The van der Waals surface area contributed by atoms with Gasteiger partial charge in [-0.1, -0.05) is 0 Å². The number of aliphatic carboxylic acids is 1. The number of H-pyrrole nitrogens is 1. The molecule has 0 bridgehead atoms. The SMILES string of the molecule is O=C(O)CS(=O)(=O)N1CCCC(c2ccn[nH]2)C1. The minimum Gasteiger partial charge on any atom is -0.480 e. The summed E-state index contributed by atoms with van der Waals surface area (Å²) in [6.07, 6.45) is 3.23. The number of rotatable bonds is 4. The van der Waals surface area contributed by atoms with E-state index in [1.54, 1.807) is 6.20 Å². The van der Waals surface area contributed by atoms with Crippen molar-refractivity contribution in [3.63, 3.8) is 0 Å². The van der Waals surface area contributed by atoms with Gasteiger partial charge in [0.1, 0.15) is 0 Å². The van der Waals surface area contributed by atoms with Crippen LogP contribution in [-0.4, -0.2) is 52.8 Å². The molecule has 2 heterocycles. The van der Waals surface area contributed by atoms with Gasteiger partial charge in [0.15, 0.2) is 5.75 Å². The molecule has 1 aliphatic rings. The molecule has 0 amide bonds. The summed E-state index contributed by atoms with van der Waals surface area (Å²) in [4.78, 5) is 10.5. The quantitative estimate of drug-likeness (QED) is 0.804. The molecule has 1 saturated heterocycles. The number of carboxylic acids is 1. The third kappa shape index (κ3) is 2.88. The fraction of sp³-hybridized carbons (Fsp3) is 0.600. The molecule has 0 radical (unpaired) electrons. The van der Waals surface area contributed by atoms with Crippen molar-refractivity contribution in [2.45, 2.75) is 18.8 Å². The van der Waals surface area contributed by atoms with Crippen molar-refractivity contribution >= 4 is 16.0 Å². The van der Waals surface area contributed by atoms with E-state index in [1.807, 2.05) is 6.07 Å². The summed E-state index contributed by atoms with van der Waals surface area (Å²) >= 11 is 0. The molecule has 100 valence electrons. The number of nitrogens with one attached hydrogen (secondary N) is 1. The highest BCUT2D eigenvalue weighted by molar-refractivity contribution is 7.89. The van der Waals surface area contributed by atoms with Crippen molar-refractivity contribution < 1.29 is 18.3 Å². The zero-order valence-corrected chi connectivity index (χ0v) is 10.6. The predicted octanol–water partition coefficient (Wildman–Crippen LogP) is 0.00350. The molecule has 0 spiro atoms. The second kappa shape index (κ2) is 5.07. The fourth-order valence-electron chi connectivity index (χ4n) is 2.19. The Labute approximate surface area is 105 Å². The Bertz CT molecular complexity index is 511. The molecule has 1 aromatic heterocycles. The Balaban J connectivity index is 2.09. The molecule has 0 aromatic carbocycles. The molecule has 1 unspecified atom stereocenters. The van der Waals surface area contributed by atoms with Gasteiger partial charge in [0, 0.05) is 30.9 Å². The lowest BCUT2D eigenvalue weighted by molar-refractivity contribution is -0.134. The molecule has 1 fully saturated rings. The van der Waals surface area contributed by atoms with Crippen LogP contribution in [0.2, 0.25) is 0 Å². The van der Waals surface area contributed by atoms with E-state index in [-0.39, 0.29) is 5.92 Å². The van der Waals surface area contributed by atoms with Gasteiger partial charge in [0.2, 0.25) is 10.0 Å². The highest BCUT2D eigenvalue weighted by Gasteiger charge is 2.31. The molecule has 1 aliphatic heterocycles. The first kappa shape index (κ1) is 13.0. The van der Waals surface area contributed by atoms with Crippen molar-refractivity contribution in [1.82, 2.24) is 14.5 Å². The summed E-state index contributed by atoms with van der Waals surface area (Å²) in [6.45, 7) is 0.706. The summed E-state index contributed by atoms with van der Waals surface area (Å²) in [5.41, 5.74) is 0.894. The van der Waals surface area contributed by atoms with Crippen molar-refractivity contribution in [2.75, 3.05) is 18.8 Å². The Morgan fingerprint density at radius 2 is 2.39 bits per heavy atom. The van der Waals surface area contributed by atoms with E-state index in [2.05, 4.69) is 10.2 Å². The Hall–Kier alpha value is -1.41. The third-order valence-electron chi connectivity index (χ3n) is 3.05. The molecule has 0 aliphatic carbocycles. The first-order valence-electron chi connectivity index (χ1n) is 5.68. The van der Waals surface area contributed by atoms with E-state index in [0.29, 0.717) is 13.1 Å². The zero-order chi connectivity index (χ0) is 13.2. The first-order valence-corrected chi connectivity index (χ1v) is 7.29. The molecule has 18 heavy (non-hydrogen) atoms. The number of aromatic amines is 1. The van der Waals surface area contributed by atoms with Gasteiger partial charge in [0.05, 0.1) is 0 Å². The molecule has 2 rings (SSSR count). The number of aromatic nitrogens is 2. The molecular weight excluding hydrogens is 258 g/mol. The highest BCUT2D eigenvalue weighted by Crippen LogP contribution is 2.26. The standard InChI is InChI=1S/C10H15N3O4S/c14-10(15)7-18(16,17)13-5-1-2-8(6-13)9-3-4-11-12-9/h3-4,8H,1-2,5-7H2,(H,11,12)(H,14,15). The highest BCUT2D eigenvalue weighted by atomic mass is 32.2. The van der Waals surface area contributed by atoms with Crippen molar-refractivity contribution in [3.05, 3.63) is 18.0 Å².